The molecule has 110 valence electrons. The van der Waals surface area contributed by atoms with Gasteiger partial charge in [-0.15, -0.1) is 0 Å². The molecule has 10 heteroatoms. The Morgan fingerprint density at radius 1 is 1.40 bits per heavy atom. The van der Waals surface area contributed by atoms with Gasteiger partial charge in [0.05, 0.1) is 6.16 Å². The number of anilines is 1. The molecule has 0 atom stereocenters. The van der Waals surface area contributed by atoms with Crippen molar-refractivity contribution in [1.29, 1.82) is 0 Å². The highest BCUT2D eigenvalue weighted by Gasteiger charge is 2.13. The fourth-order valence-corrected chi connectivity index (χ4v) is 2.40. The highest BCUT2D eigenvalue weighted by atomic mass is 31.2. The number of rotatable bonds is 6. The number of nitrogens with one attached hydrogen (secondary N) is 2. The van der Waals surface area contributed by atoms with E-state index in [1.807, 2.05) is 0 Å². The van der Waals surface area contributed by atoms with Gasteiger partial charge in [0.15, 0.2) is 0 Å². The Morgan fingerprint density at radius 3 is 2.85 bits per heavy atom. The maximum Gasteiger partial charge on any atom is 0.325 e. The smallest absolute Gasteiger partial charge is 0.325 e. The molecular formula is C10H16N5O4P. The standard InChI is InChI=1S/C10H16N5O4P/c11-10-14-7-6(5-13-8(7)9(16)15-10)4-12-2-1-3-20(17,18)19/h5,12-13H,1-4H2,(H2,17,18,19)(H3,11,14,15,16). The Kier molecular flexibility index (Phi) is 4.24. The van der Waals surface area contributed by atoms with Crippen molar-refractivity contribution in [2.24, 2.45) is 0 Å². The summed E-state index contributed by atoms with van der Waals surface area (Å²) < 4.78 is 10.7. The van der Waals surface area contributed by atoms with E-state index in [1.54, 1.807) is 6.20 Å². The monoisotopic (exact) mass is 301 g/mol. The van der Waals surface area contributed by atoms with Crippen LogP contribution in [0.5, 0.6) is 5.88 Å². The largest absolute Gasteiger partial charge is 0.492 e. The molecule has 0 amide bonds. The minimum atomic E-state index is -3.93. The van der Waals surface area contributed by atoms with Gasteiger partial charge in [-0.25, -0.2) is 4.98 Å². The van der Waals surface area contributed by atoms with Gasteiger partial charge in [-0.1, -0.05) is 0 Å². The van der Waals surface area contributed by atoms with E-state index in [9.17, 15) is 9.67 Å². The average molecular weight is 301 g/mol. The molecule has 9 nitrogen and oxygen atoms in total. The molecule has 7 N–H and O–H groups in total. The summed E-state index contributed by atoms with van der Waals surface area (Å²) >= 11 is 0. The fourth-order valence-electron chi connectivity index (χ4n) is 1.83. The lowest BCUT2D eigenvalue weighted by Gasteiger charge is -2.05. The third-order valence-corrected chi connectivity index (χ3v) is 3.62. The summed E-state index contributed by atoms with van der Waals surface area (Å²) in [5.41, 5.74) is 7.20. The molecule has 2 heterocycles. The van der Waals surface area contributed by atoms with Gasteiger partial charge in [-0.05, 0) is 13.0 Å². The number of hydrogen-bond donors (Lipinski definition) is 6. The van der Waals surface area contributed by atoms with Crippen LogP contribution >= 0.6 is 7.60 Å². The Balaban J connectivity index is 1.95. The zero-order valence-corrected chi connectivity index (χ0v) is 11.5. The van der Waals surface area contributed by atoms with Gasteiger partial charge in [-0.3, -0.25) is 4.57 Å². The molecule has 0 saturated carbocycles. The summed E-state index contributed by atoms with van der Waals surface area (Å²) in [6, 6.07) is 0. The highest BCUT2D eigenvalue weighted by molar-refractivity contribution is 7.51. The normalized spacial score (nSPS) is 12.1. The topological polar surface area (TPSA) is 157 Å². The number of nitrogens with two attached hydrogens (primary N) is 1. The second kappa shape index (κ2) is 5.76. The third kappa shape index (κ3) is 3.67. The lowest BCUT2D eigenvalue weighted by atomic mass is 10.3. The zero-order valence-electron chi connectivity index (χ0n) is 10.6. The average Bonchev–Trinajstić information content (AvgIpc) is 2.70. The van der Waals surface area contributed by atoms with Crippen molar-refractivity contribution in [3.8, 4) is 5.88 Å². The summed E-state index contributed by atoms with van der Waals surface area (Å²) in [5.74, 6) is -0.224. The molecule has 0 bridgehead atoms. The Labute approximate surface area is 114 Å². The second-order valence-electron chi connectivity index (χ2n) is 4.36. The van der Waals surface area contributed by atoms with E-state index in [0.29, 0.717) is 30.5 Å². The summed E-state index contributed by atoms with van der Waals surface area (Å²) in [5, 5.41) is 12.6. The van der Waals surface area contributed by atoms with Crippen LogP contribution < -0.4 is 11.1 Å². The Morgan fingerprint density at radius 2 is 2.15 bits per heavy atom. The van der Waals surface area contributed by atoms with Crippen molar-refractivity contribution >= 4 is 24.6 Å². The minimum absolute atomic E-state index is 0.0163. The molecule has 0 aliphatic rings. The first-order valence-electron chi connectivity index (χ1n) is 5.94. The molecule has 0 unspecified atom stereocenters. The van der Waals surface area contributed by atoms with Crippen molar-refractivity contribution in [1.82, 2.24) is 20.3 Å². The molecule has 0 spiro atoms. The number of aromatic amines is 1. The molecule has 2 aromatic heterocycles. The lowest BCUT2D eigenvalue weighted by Crippen LogP contribution is -2.15. The fraction of sp³-hybridized carbons (Fsp3) is 0.400. The molecule has 2 rings (SSSR count). The molecule has 20 heavy (non-hydrogen) atoms. The molecule has 0 fully saturated rings. The van der Waals surface area contributed by atoms with Crippen molar-refractivity contribution in [2.45, 2.75) is 13.0 Å². The minimum Gasteiger partial charge on any atom is -0.492 e. The van der Waals surface area contributed by atoms with Crippen molar-refractivity contribution in [2.75, 3.05) is 18.4 Å². The van der Waals surface area contributed by atoms with Crippen LogP contribution in [-0.2, 0) is 11.1 Å². The number of nitrogens with zero attached hydrogens (tertiary/aromatic N) is 2. The SMILES string of the molecule is Nc1nc(O)c2[nH]cc(CNCCCP(=O)(O)O)c2n1. The van der Waals surface area contributed by atoms with Crippen LogP contribution in [0.3, 0.4) is 0 Å². The predicted octanol–water partition coefficient (Wildman–Crippen LogP) is -0.0969. The van der Waals surface area contributed by atoms with E-state index in [2.05, 4.69) is 20.3 Å². The molecule has 0 aliphatic heterocycles. The molecule has 0 radical (unpaired) electrons. The Bertz CT molecular complexity index is 652. The lowest BCUT2D eigenvalue weighted by molar-refractivity contribution is 0.371. The highest BCUT2D eigenvalue weighted by Crippen LogP contribution is 2.34. The number of fused-ring (bicyclic) bond motifs is 1. The second-order valence-corrected chi connectivity index (χ2v) is 6.14. The van der Waals surface area contributed by atoms with E-state index < -0.39 is 7.60 Å². The summed E-state index contributed by atoms with van der Waals surface area (Å²) in [4.78, 5) is 28.0. The van der Waals surface area contributed by atoms with E-state index >= 15 is 0 Å². The molecule has 2 aromatic rings. The number of aromatic nitrogens is 3. The molecule has 0 saturated heterocycles. The Hall–Kier alpha value is -1.67. The summed E-state index contributed by atoms with van der Waals surface area (Å²) in [6.45, 7) is 0.904. The van der Waals surface area contributed by atoms with Crippen LogP contribution in [0.15, 0.2) is 6.20 Å². The van der Waals surface area contributed by atoms with Crippen molar-refractivity contribution in [3.63, 3.8) is 0 Å². The zero-order chi connectivity index (χ0) is 14.8. The van der Waals surface area contributed by atoms with Gasteiger partial charge < -0.3 is 30.9 Å². The van der Waals surface area contributed by atoms with Crippen LogP contribution in [0.25, 0.3) is 11.0 Å². The third-order valence-electron chi connectivity index (χ3n) is 2.72. The maximum atomic E-state index is 10.7. The maximum absolute atomic E-state index is 10.7. The molecule has 0 aliphatic carbocycles. The van der Waals surface area contributed by atoms with Gasteiger partial charge in [0.25, 0.3) is 0 Å². The van der Waals surface area contributed by atoms with Gasteiger partial charge in [0.1, 0.15) is 11.0 Å². The van der Waals surface area contributed by atoms with Gasteiger partial charge in [-0.2, -0.15) is 4.98 Å². The van der Waals surface area contributed by atoms with Crippen LogP contribution in [0.1, 0.15) is 12.0 Å². The summed E-state index contributed by atoms with van der Waals surface area (Å²) in [6.07, 6.45) is 1.90. The number of aromatic hydroxyl groups is 1. The van der Waals surface area contributed by atoms with E-state index in [1.165, 1.54) is 0 Å². The van der Waals surface area contributed by atoms with Gasteiger partial charge in [0.2, 0.25) is 11.8 Å². The van der Waals surface area contributed by atoms with Gasteiger partial charge >= 0.3 is 7.60 Å². The quantitative estimate of drug-likeness (QED) is 0.319. The molecule has 0 aromatic carbocycles. The number of nitrogen functional groups attached to an aromatic ring is 1. The van der Waals surface area contributed by atoms with Crippen molar-refractivity contribution in [3.05, 3.63) is 11.8 Å². The number of hydrogen-bond acceptors (Lipinski definition) is 6. The summed E-state index contributed by atoms with van der Waals surface area (Å²) in [7, 11) is -3.93. The van der Waals surface area contributed by atoms with Crippen LogP contribution in [0, 0.1) is 0 Å². The van der Waals surface area contributed by atoms with E-state index in [-0.39, 0.29) is 18.0 Å². The first kappa shape index (κ1) is 14.7. The predicted molar refractivity (Wildman–Crippen MR) is 73.2 cm³/mol. The first-order valence-corrected chi connectivity index (χ1v) is 7.74. The van der Waals surface area contributed by atoms with Crippen LogP contribution in [-0.4, -0.2) is 42.6 Å². The first-order chi connectivity index (χ1) is 9.37. The number of H-pyrrole nitrogens is 1. The van der Waals surface area contributed by atoms with E-state index in [0.717, 1.165) is 5.56 Å². The molecular weight excluding hydrogens is 285 g/mol. The van der Waals surface area contributed by atoms with Crippen LogP contribution in [0.2, 0.25) is 0 Å². The van der Waals surface area contributed by atoms with Gasteiger partial charge in [0, 0.05) is 18.3 Å². The van der Waals surface area contributed by atoms with Crippen LogP contribution in [0.4, 0.5) is 5.95 Å². The van der Waals surface area contributed by atoms with Crippen molar-refractivity contribution < 1.29 is 19.5 Å². The van der Waals surface area contributed by atoms with E-state index in [4.69, 9.17) is 15.5 Å².